The van der Waals surface area contributed by atoms with E-state index in [1.54, 1.807) is 0 Å². The Labute approximate surface area is 164 Å². The summed E-state index contributed by atoms with van der Waals surface area (Å²) in [5, 5.41) is 3.12. The summed E-state index contributed by atoms with van der Waals surface area (Å²) in [6.45, 7) is 6.47. The highest BCUT2D eigenvalue weighted by Crippen LogP contribution is 2.37. The number of imidazole rings is 1. The van der Waals surface area contributed by atoms with Gasteiger partial charge in [-0.25, -0.2) is 4.98 Å². The fourth-order valence-electron chi connectivity index (χ4n) is 3.40. The average Bonchev–Trinajstić information content (AvgIpc) is 3.32. The number of nitrogens with zero attached hydrogens (tertiary/aromatic N) is 2. The van der Waals surface area contributed by atoms with Crippen molar-refractivity contribution in [3.63, 3.8) is 0 Å². The highest BCUT2D eigenvalue weighted by Gasteiger charge is 2.25. The fraction of sp³-hybridized carbons (Fsp3) is 0.364. The summed E-state index contributed by atoms with van der Waals surface area (Å²) in [6, 6.07) is 11.9. The average molecular weight is 379 g/mol. The van der Waals surface area contributed by atoms with Crippen LogP contribution in [-0.4, -0.2) is 28.1 Å². The summed E-state index contributed by atoms with van der Waals surface area (Å²) in [6.07, 6.45) is 4.16. The molecule has 3 heterocycles. The number of pyridine rings is 1. The molecular weight excluding hydrogens is 354 g/mol. The van der Waals surface area contributed by atoms with Crippen LogP contribution in [0.4, 0.5) is 0 Å². The van der Waals surface area contributed by atoms with Gasteiger partial charge in [-0.3, -0.25) is 4.79 Å². The third kappa shape index (κ3) is 3.54. The van der Waals surface area contributed by atoms with Crippen molar-refractivity contribution < 1.29 is 14.3 Å². The lowest BCUT2D eigenvalue weighted by Crippen LogP contribution is -2.36. The van der Waals surface area contributed by atoms with Crippen LogP contribution in [0.3, 0.4) is 0 Å². The van der Waals surface area contributed by atoms with Crippen LogP contribution in [0.1, 0.15) is 44.4 Å². The van der Waals surface area contributed by atoms with Crippen molar-refractivity contribution in [3.8, 4) is 11.5 Å². The predicted octanol–water partition coefficient (Wildman–Crippen LogP) is 3.75. The topological polar surface area (TPSA) is 64.9 Å². The Morgan fingerprint density at radius 3 is 2.82 bits per heavy atom. The number of hydrogen-bond acceptors (Lipinski definition) is 4. The zero-order chi connectivity index (χ0) is 19.7. The van der Waals surface area contributed by atoms with E-state index in [1.165, 1.54) is 0 Å². The van der Waals surface area contributed by atoms with E-state index >= 15 is 0 Å². The van der Waals surface area contributed by atoms with Crippen molar-refractivity contribution in [1.29, 1.82) is 0 Å². The summed E-state index contributed by atoms with van der Waals surface area (Å²) in [7, 11) is 0. The van der Waals surface area contributed by atoms with Gasteiger partial charge in [-0.05, 0) is 42.7 Å². The van der Waals surface area contributed by atoms with Crippen molar-refractivity contribution in [1.82, 2.24) is 14.7 Å². The summed E-state index contributed by atoms with van der Waals surface area (Å²) < 4.78 is 13.0. The number of carbonyl (C=O) groups excluding carboxylic acids is 1. The van der Waals surface area contributed by atoms with Crippen molar-refractivity contribution in [2.45, 2.75) is 39.2 Å². The van der Waals surface area contributed by atoms with Gasteiger partial charge in [0.25, 0.3) is 0 Å². The molecule has 2 aromatic heterocycles. The standard InChI is InChI=1S/C22H25N3O3/c1-14(2)15(3)24-22(26)11-17(16-7-8-19-20(10-16)28-13-27-19)18-12-23-21-6-4-5-9-25(18)21/h4-10,12,14-15,17H,11,13H2,1-3H3,(H,24,26). The Morgan fingerprint density at radius 2 is 2.00 bits per heavy atom. The van der Waals surface area contributed by atoms with E-state index in [0.29, 0.717) is 18.1 Å². The zero-order valence-corrected chi connectivity index (χ0v) is 16.4. The molecular formula is C22H25N3O3. The summed E-state index contributed by atoms with van der Waals surface area (Å²) in [5.74, 6) is 1.70. The molecule has 2 unspecified atom stereocenters. The Balaban J connectivity index is 1.70. The predicted molar refractivity (Wildman–Crippen MR) is 107 cm³/mol. The highest BCUT2D eigenvalue weighted by atomic mass is 16.7. The molecule has 0 spiro atoms. The minimum Gasteiger partial charge on any atom is -0.454 e. The maximum Gasteiger partial charge on any atom is 0.231 e. The molecule has 3 aromatic rings. The van der Waals surface area contributed by atoms with Gasteiger partial charge in [-0.1, -0.05) is 26.0 Å². The molecule has 0 saturated carbocycles. The molecule has 0 bridgehead atoms. The molecule has 1 aliphatic rings. The lowest BCUT2D eigenvalue weighted by atomic mass is 9.91. The number of hydrogen-bond donors (Lipinski definition) is 1. The van der Waals surface area contributed by atoms with Gasteiger partial charge in [0, 0.05) is 30.8 Å². The van der Waals surface area contributed by atoms with E-state index in [9.17, 15) is 4.79 Å². The highest BCUT2D eigenvalue weighted by molar-refractivity contribution is 5.78. The van der Waals surface area contributed by atoms with E-state index in [-0.39, 0.29) is 24.7 Å². The van der Waals surface area contributed by atoms with E-state index in [4.69, 9.17) is 9.47 Å². The first-order valence-corrected chi connectivity index (χ1v) is 9.64. The fourth-order valence-corrected chi connectivity index (χ4v) is 3.40. The summed E-state index contributed by atoms with van der Waals surface area (Å²) >= 11 is 0. The first kappa shape index (κ1) is 18.3. The molecule has 1 aromatic carbocycles. The summed E-state index contributed by atoms with van der Waals surface area (Å²) in [4.78, 5) is 17.3. The first-order chi connectivity index (χ1) is 13.5. The molecule has 0 aliphatic carbocycles. The van der Waals surface area contributed by atoms with Crippen molar-refractivity contribution in [2.24, 2.45) is 5.92 Å². The summed E-state index contributed by atoms with van der Waals surface area (Å²) in [5.41, 5.74) is 2.84. The van der Waals surface area contributed by atoms with Gasteiger partial charge >= 0.3 is 0 Å². The third-order valence-corrected chi connectivity index (χ3v) is 5.38. The molecule has 1 amide bonds. The van der Waals surface area contributed by atoms with Crippen LogP contribution < -0.4 is 14.8 Å². The number of aromatic nitrogens is 2. The third-order valence-electron chi connectivity index (χ3n) is 5.38. The monoisotopic (exact) mass is 379 g/mol. The van der Waals surface area contributed by atoms with E-state index in [1.807, 2.05) is 60.1 Å². The number of carbonyl (C=O) groups is 1. The lowest BCUT2D eigenvalue weighted by Gasteiger charge is -2.21. The Bertz CT molecular complexity index is 996. The number of amides is 1. The molecule has 0 fully saturated rings. The van der Waals surface area contributed by atoms with Gasteiger partial charge in [0.15, 0.2) is 11.5 Å². The molecule has 0 radical (unpaired) electrons. The second kappa shape index (κ2) is 7.54. The maximum atomic E-state index is 12.8. The largest absolute Gasteiger partial charge is 0.454 e. The van der Waals surface area contributed by atoms with Gasteiger partial charge in [-0.15, -0.1) is 0 Å². The van der Waals surface area contributed by atoms with Crippen molar-refractivity contribution in [3.05, 3.63) is 60.0 Å². The van der Waals surface area contributed by atoms with Gasteiger partial charge < -0.3 is 19.2 Å². The molecule has 146 valence electrons. The molecule has 6 nitrogen and oxygen atoms in total. The van der Waals surface area contributed by atoms with Gasteiger partial charge in [0.2, 0.25) is 12.7 Å². The molecule has 0 saturated heterocycles. The molecule has 4 rings (SSSR count). The van der Waals surface area contributed by atoms with Gasteiger partial charge in [0.05, 0.1) is 5.69 Å². The van der Waals surface area contributed by atoms with E-state index in [0.717, 1.165) is 22.7 Å². The van der Waals surface area contributed by atoms with Crippen LogP contribution in [0.15, 0.2) is 48.8 Å². The van der Waals surface area contributed by atoms with Gasteiger partial charge in [0.1, 0.15) is 5.65 Å². The Morgan fingerprint density at radius 1 is 1.18 bits per heavy atom. The maximum absolute atomic E-state index is 12.8. The number of nitrogens with one attached hydrogen (secondary N) is 1. The van der Waals surface area contributed by atoms with Crippen molar-refractivity contribution >= 4 is 11.6 Å². The van der Waals surface area contributed by atoms with Crippen LogP contribution >= 0.6 is 0 Å². The molecule has 1 aliphatic heterocycles. The minimum atomic E-state index is -0.147. The van der Waals surface area contributed by atoms with Gasteiger partial charge in [-0.2, -0.15) is 0 Å². The smallest absolute Gasteiger partial charge is 0.231 e. The van der Waals surface area contributed by atoms with Crippen molar-refractivity contribution in [2.75, 3.05) is 6.79 Å². The molecule has 28 heavy (non-hydrogen) atoms. The zero-order valence-electron chi connectivity index (χ0n) is 16.4. The van der Waals surface area contributed by atoms with Crippen LogP contribution in [0, 0.1) is 5.92 Å². The number of fused-ring (bicyclic) bond motifs is 2. The van der Waals surface area contributed by atoms with E-state index < -0.39 is 0 Å². The van der Waals surface area contributed by atoms with Crippen LogP contribution in [0.25, 0.3) is 5.65 Å². The normalized spacial score (nSPS) is 15.0. The number of rotatable bonds is 6. The first-order valence-electron chi connectivity index (χ1n) is 9.64. The second-order valence-corrected chi connectivity index (χ2v) is 7.58. The van der Waals surface area contributed by atoms with Crippen LogP contribution in [0.2, 0.25) is 0 Å². The van der Waals surface area contributed by atoms with Crippen LogP contribution in [-0.2, 0) is 4.79 Å². The Kier molecular flexibility index (Phi) is 4.94. The molecule has 2 atom stereocenters. The Hall–Kier alpha value is -3.02. The quantitative estimate of drug-likeness (QED) is 0.708. The second-order valence-electron chi connectivity index (χ2n) is 7.58. The minimum absolute atomic E-state index is 0.0229. The van der Waals surface area contributed by atoms with Crippen LogP contribution in [0.5, 0.6) is 11.5 Å². The number of benzene rings is 1. The van der Waals surface area contributed by atoms with E-state index in [2.05, 4.69) is 24.1 Å². The molecule has 1 N–H and O–H groups in total. The molecule has 6 heteroatoms. The lowest BCUT2D eigenvalue weighted by molar-refractivity contribution is -0.122. The number of ether oxygens (including phenoxy) is 2. The SMILES string of the molecule is CC(C)C(C)NC(=O)CC(c1ccc2c(c1)OCO2)c1cnc2ccccn12.